The fourth-order valence-electron chi connectivity index (χ4n) is 1.38. The third-order valence-corrected chi connectivity index (χ3v) is 2.30. The van der Waals surface area contributed by atoms with Gasteiger partial charge in [-0.15, -0.1) is 0 Å². The first kappa shape index (κ1) is 15.0. The molecule has 0 spiro atoms. The van der Waals surface area contributed by atoms with Crippen LogP contribution >= 0.6 is 0 Å². The molecule has 0 heteroatoms. The van der Waals surface area contributed by atoms with E-state index >= 15 is 0 Å². The monoisotopic (exact) mass is 217 g/mol. The Morgan fingerprint density at radius 3 is 2.06 bits per heavy atom. The van der Waals surface area contributed by atoms with Crippen molar-refractivity contribution in [3.63, 3.8) is 0 Å². The van der Waals surface area contributed by atoms with Crippen molar-refractivity contribution in [2.45, 2.75) is 45.4 Å². The quantitative estimate of drug-likeness (QED) is 0.358. The Kier molecular flexibility index (Phi) is 13.1. The number of rotatable bonds is 9. The summed E-state index contributed by atoms with van der Waals surface area (Å²) in [6.07, 6.45) is 24.1. The molecule has 16 heavy (non-hydrogen) atoms. The van der Waals surface area contributed by atoms with Gasteiger partial charge in [-0.1, -0.05) is 81.2 Å². The third-order valence-electron chi connectivity index (χ3n) is 2.30. The van der Waals surface area contributed by atoms with Crippen LogP contribution in [0.2, 0.25) is 0 Å². The molecular weight excluding hydrogens is 192 g/mol. The van der Waals surface area contributed by atoms with Gasteiger partial charge in [0.1, 0.15) is 0 Å². The molecule has 0 saturated carbocycles. The summed E-state index contributed by atoms with van der Waals surface area (Å²) in [4.78, 5) is 0. The largest absolute Gasteiger partial charge is 0.0845 e. The molecule has 0 aromatic carbocycles. The molecule has 1 radical (unpaired) electrons. The van der Waals surface area contributed by atoms with E-state index in [1.54, 1.807) is 6.08 Å². The molecule has 0 saturated heterocycles. The molecule has 0 rings (SSSR count). The zero-order valence-electron chi connectivity index (χ0n) is 10.6. The lowest BCUT2D eigenvalue weighted by Crippen LogP contribution is -1.75. The van der Waals surface area contributed by atoms with E-state index in [0.717, 1.165) is 0 Å². The van der Waals surface area contributed by atoms with Crippen LogP contribution in [0, 0.1) is 6.92 Å². The molecule has 0 bridgehead atoms. The van der Waals surface area contributed by atoms with Gasteiger partial charge in [0.2, 0.25) is 0 Å². The number of allylic oxidation sites excluding steroid dienone is 8. The predicted molar refractivity (Wildman–Crippen MR) is 75.3 cm³/mol. The minimum Gasteiger partial charge on any atom is -0.0845 e. The molecule has 89 valence electrons. The SMILES string of the molecule is [CH2]/C=C/C=C/C=C/C=C/CCCCCCC. The van der Waals surface area contributed by atoms with Gasteiger partial charge in [0.05, 0.1) is 0 Å². The van der Waals surface area contributed by atoms with Crippen LogP contribution in [-0.4, -0.2) is 0 Å². The van der Waals surface area contributed by atoms with Crippen LogP contribution in [0.5, 0.6) is 0 Å². The van der Waals surface area contributed by atoms with Crippen molar-refractivity contribution in [3.05, 3.63) is 55.5 Å². The maximum atomic E-state index is 3.60. The molecule has 0 unspecified atom stereocenters. The van der Waals surface area contributed by atoms with E-state index in [1.165, 1.54) is 38.5 Å². The number of unbranched alkanes of at least 4 members (excludes halogenated alkanes) is 5. The summed E-state index contributed by atoms with van der Waals surface area (Å²) in [6, 6.07) is 0. The predicted octanol–water partition coefficient (Wildman–Crippen LogP) is 5.41. The molecule has 0 aliphatic carbocycles. The maximum absolute atomic E-state index is 3.60. The van der Waals surface area contributed by atoms with Crippen molar-refractivity contribution < 1.29 is 0 Å². The summed E-state index contributed by atoms with van der Waals surface area (Å²) in [5.41, 5.74) is 0. The van der Waals surface area contributed by atoms with Crippen LogP contribution in [0.3, 0.4) is 0 Å². The van der Waals surface area contributed by atoms with E-state index in [1.807, 2.05) is 24.3 Å². The Labute approximate surface area is 101 Å². The van der Waals surface area contributed by atoms with Crippen molar-refractivity contribution in [1.29, 1.82) is 0 Å². The molecule has 0 aliphatic heterocycles. The summed E-state index contributed by atoms with van der Waals surface area (Å²) in [6.45, 7) is 5.86. The van der Waals surface area contributed by atoms with Gasteiger partial charge < -0.3 is 0 Å². The van der Waals surface area contributed by atoms with Crippen LogP contribution in [0.4, 0.5) is 0 Å². The first-order valence-corrected chi connectivity index (χ1v) is 6.36. The fourth-order valence-corrected chi connectivity index (χ4v) is 1.38. The van der Waals surface area contributed by atoms with E-state index < -0.39 is 0 Å². The summed E-state index contributed by atoms with van der Waals surface area (Å²) in [5, 5.41) is 0. The second-order valence-electron chi connectivity index (χ2n) is 3.83. The van der Waals surface area contributed by atoms with Gasteiger partial charge in [-0.25, -0.2) is 0 Å². The summed E-state index contributed by atoms with van der Waals surface area (Å²) in [5.74, 6) is 0. The highest BCUT2D eigenvalue weighted by Gasteiger charge is 1.85. The summed E-state index contributed by atoms with van der Waals surface area (Å²) < 4.78 is 0. The van der Waals surface area contributed by atoms with E-state index in [2.05, 4.69) is 32.1 Å². The van der Waals surface area contributed by atoms with E-state index in [-0.39, 0.29) is 0 Å². The third kappa shape index (κ3) is 13.0. The summed E-state index contributed by atoms with van der Waals surface area (Å²) >= 11 is 0. The zero-order valence-corrected chi connectivity index (χ0v) is 10.6. The highest BCUT2D eigenvalue weighted by Crippen LogP contribution is 2.05. The first-order valence-electron chi connectivity index (χ1n) is 6.36. The van der Waals surface area contributed by atoms with E-state index in [4.69, 9.17) is 0 Å². The molecule has 0 aliphatic rings. The lowest BCUT2D eigenvalue weighted by molar-refractivity contribution is 0.637. The Hall–Kier alpha value is -1.04. The first-order chi connectivity index (χ1) is 7.91. The van der Waals surface area contributed by atoms with Gasteiger partial charge in [0.25, 0.3) is 0 Å². The molecule has 0 heterocycles. The lowest BCUT2D eigenvalue weighted by atomic mass is 10.1. The van der Waals surface area contributed by atoms with Crippen LogP contribution in [-0.2, 0) is 0 Å². The van der Waals surface area contributed by atoms with E-state index in [0.29, 0.717) is 0 Å². The van der Waals surface area contributed by atoms with Crippen molar-refractivity contribution in [2.24, 2.45) is 0 Å². The minimum atomic E-state index is 1.20. The number of hydrogen-bond donors (Lipinski definition) is 0. The number of hydrogen-bond acceptors (Lipinski definition) is 0. The Morgan fingerprint density at radius 1 is 0.750 bits per heavy atom. The van der Waals surface area contributed by atoms with Gasteiger partial charge in [-0.3, -0.25) is 0 Å². The maximum Gasteiger partial charge on any atom is -0.0313 e. The Morgan fingerprint density at radius 2 is 1.38 bits per heavy atom. The molecule has 0 nitrogen and oxygen atoms in total. The molecule has 0 aromatic heterocycles. The van der Waals surface area contributed by atoms with Gasteiger partial charge >= 0.3 is 0 Å². The molecule has 0 amide bonds. The van der Waals surface area contributed by atoms with Gasteiger partial charge in [0.15, 0.2) is 0 Å². The smallest absolute Gasteiger partial charge is 0.0313 e. The van der Waals surface area contributed by atoms with Gasteiger partial charge in [0, 0.05) is 0 Å². The van der Waals surface area contributed by atoms with Gasteiger partial charge in [-0.2, -0.15) is 0 Å². The standard InChI is InChI=1S/C16H25/c1-3-5-7-9-11-13-15-16-14-12-10-8-6-4-2/h3,5,7,9,11,13,15-16H,1,4,6,8,10,12,14H2,2H3/b5-3+,9-7+,13-11+,16-15+. The van der Waals surface area contributed by atoms with Crippen LogP contribution in [0.1, 0.15) is 45.4 Å². The zero-order chi connectivity index (χ0) is 11.9. The minimum absolute atomic E-state index is 1.20. The van der Waals surface area contributed by atoms with Crippen molar-refractivity contribution in [1.82, 2.24) is 0 Å². The summed E-state index contributed by atoms with van der Waals surface area (Å²) in [7, 11) is 0. The fraction of sp³-hybridized carbons (Fsp3) is 0.438. The van der Waals surface area contributed by atoms with E-state index in [9.17, 15) is 0 Å². The van der Waals surface area contributed by atoms with Crippen molar-refractivity contribution in [3.8, 4) is 0 Å². The molecule has 0 atom stereocenters. The molecule has 0 aromatic rings. The second kappa shape index (κ2) is 14.0. The highest BCUT2D eigenvalue weighted by atomic mass is 13.9. The van der Waals surface area contributed by atoms with Crippen LogP contribution < -0.4 is 0 Å². The molecule has 0 fully saturated rings. The highest BCUT2D eigenvalue weighted by molar-refractivity contribution is 5.15. The lowest BCUT2D eigenvalue weighted by Gasteiger charge is -1.95. The normalized spacial score (nSPS) is 12.9. The second-order valence-corrected chi connectivity index (χ2v) is 3.83. The van der Waals surface area contributed by atoms with Gasteiger partial charge in [-0.05, 0) is 19.8 Å². The molecule has 0 N–H and O–H groups in total. The topological polar surface area (TPSA) is 0 Å². The van der Waals surface area contributed by atoms with Crippen molar-refractivity contribution >= 4 is 0 Å². The van der Waals surface area contributed by atoms with Crippen LogP contribution in [0.15, 0.2) is 48.6 Å². The van der Waals surface area contributed by atoms with Crippen LogP contribution in [0.25, 0.3) is 0 Å². The average molecular weight is 217 g/mol. The Bertz CT molecular complexity index is 228. The molecular formula is C16H25. The Balaban J connectivity index is 3.33. The average Bonchev–Trinajstić information content (AvgIpc) is 2.31. The van der Waals surface area contributed by atoms with Crippen molar-refractivity contribution in [2.75, 3.05) is 0 Å².